The molecule has 27 nitrogen and oxygen atoms in total. The van der Waals surface area contributed by atoms with E-state index in [9.17, 15) is 0 Å². The Morgan fingerprint density at radius 2 is 0.827 bits per heavy atom. The number of hydrogen-bond donors (Lipinski definition) is 2. The van der Waals surface area contributed by atoms with Crippen LogP contribution in [0.4, 0.5) is 5.69 Å². The van der Waals surface area contributed by atoms with Crippen LogP contribution in [0.1, 0.15) is 68.8 Å². The zero-order valence-electron chi connectivity index (χ0n) is 55.4. The summed E-state index contributed by atoms with van der Waals surface area (Å²) in [4.78, 5) is 52.6. The molecule has 0 aliphatic heterocycles. The second-order valence-corrected chi connectivity index (χ2v) is 35.5. The van der Waals surface area contributed by atoms with Crippen molar-refractivity contribution in [1.82, 2.24) is 111 Å². The molecule has 13 aromatic rings. The summed E-state index contributed by atoms with van der Waals surface area (Å²) in [5.41, 5.74) is 28.4. The number of nitrogens with two attached hydrogens (primary N) is 1. The number of rotatable bonds is 14. The Balaban J connectivity index is 0.000000168. The number of benzene rings is 5. The second kappa shape index (κ2) is 37.7. The van der Waals surface area contributed by atoms with Crippen LogP contribution < -0.4 is 5.73 Å². The number of nitrogens with one attached hydrogen (secondary N) is 1. The third kappa shape index (κ3) is 22.7. The predicted octanol–water partition coefficient (Wildman–Crippen LogP) is 12.2. The Morgan fingerprint density at radius 1 is 0.490 bits per heavy atom. The average molecular weight is 1460 g/mol. The molecule has 0 bridgehead atoms. The van der Waals surface area contributed by atoms with Crippen LogP contribution in [-0.2, 0) is 45.7 Å². The van der Waals surface area contributed by atoms with E-state index in [1.54, 1.807) is 28.8 Å². The molecule has 30 heteroatoms. The van der Waals surface area contributed by atoms with E-state index in [1.807, 2.05) is 205 Å². The van der Waals surface area contributed by atoms with Crippen molar-refractivity contribution in [3.8, 4) is 62.4 Å². The zero-order valence-corrected chi connectivity index (χ0v) is 59.8. The molecule has 0 radical (unpaired) electrons. The minimum absolute atomic E-state index is 0. The number of nitrogen functional groups attached to an aromatic ring is 1. The van der Waals surface area contributed by atoms with Crippen LogP contribution in [0.25, 0.3) is 66.7 Å². The monoisotopic (exact) mass is 1460 g/mol. The van der Waals surface area contributed by atoms with Crippen LogP contribution in [0.15, 0.2) is 186 Å². The SMILES string of the molecule is Cc1cnc(CC#N)nc1-c1ccccc1.Cc1cnc(CCl)nc1-c1ccccc1.Cc1cnc(Cc2nn[nH]n2)nc1-c1ccccc1.Cc1cnc(Cc2nnnn2C)nc1-c1ccccc1.Cl.Cn1nnnc1Cc1ncc(N)c(-c2ccccc2)n1.[CH3][Sn]([CH3])([CH3])[N]=[N+]=[N-]. The van der Waals surface area contributed by atoms with Gasteiger partial charge < -0.3 is 5.73 Å². The number of azide groups is 1. The molecular weight excluding hydrogens is 1380 g/mol. The van der Waals surface area contributed by atoms with E-state index in [0.717, 1.165) is 84.4 Å². The normalized spacial score (nSPS) is 10.3. The number of aromatic amines is 1. The first-order valence-corrected chi connectivity index (χ1v) is 40.7. The first-order chi connectivity index (χ1) is 47.0. The van der Waals surface area contributed by atoms with Gasteiger partial charge in [0.15, 0.2) is 17.5 Å². The van der Waals surface area contributed by atoms with Gasteiger partial charge in [-0.05, 0) is 70.8 Å². The molecule has 0 atom stereocenters. The molecule has 5 aromatic carbocycles. The summed E-state index contributed by atoms with van der Waals surface area (Å²) in [5, 5.41) is 45.1. The molecule has 98 heavy (non-hydrogen) atoms. The van der Waals surface area contributed by atoms with E-state index in [0.29, 0.717) is 71.6 Å². The number of nitriles is 1. The maximum absolute atomic E-state index is 8.62. The van der Waals surface area contributed by atoms with Gasteiger partial charge in [-0.2, -0.15) is 10.5 Å². The fraction of sp³-hybridized carbons (Fsp3) is 0.206. The Morgan fingerprint density at radius 3 is 1.15 bits per heavy atom. The van der Waals surface area contributed by atoms with Crippen molar-refractivity contribution < 1.29 is 0 Å². The molecule has 0 spiro atoms. The fourth-order valence-electron chi connectivity index (χ4n) is 8.81. The Bertz CT molecular complexity index is 4540. The van der Waals surface area contributed by atoms with Gasteiger partial charge in [0.1, 0.15) is 29.1 Å². The summed E-state index contributed by atoms with van der Waals surface area (Å²) in [6.45, 7) is 7.98. The third-order valence-electron chi connectivity index (χ3n) is 13.6. The molecule has 3 N–H and O–H groups in total. The molecule has 0 saturated carbocycles. The molecule has 0 aliphatic rings. The molecule has 496 valence electrons. The van der Waals surface area contributed by atoms with E-state index in [2.05, 4.69) is 131 Å². The number of hydrogen-bond acceptors (Lipinski definition) is 22. The van der Waals surface area contributed by atoms with Gasteiger partial charge in [-0.25, -0.2) is 59.2 Å². The standard InChI is InChI=1S/C14H14N6.C13H13N7.C13H12N6.C13H11N3.C12H11ClN2.3CH3.ClH.N3.Sn/c1-10-9-15-12(8-13-17-18-19-20(13)2)16-14(10)11-6-4-3-5-7-11;1-20-12(17-18-19-20)7-11-15-8-10(14)13(16-11)9-5-3-2-4-6-9;1-9-8-14-11(7-12-16-18-19-17-12)15-13(9)10-5-3-2-4-6-10;1-10-9-15-12(7-8-14)16-13(10)11-5-3-2-4-6-11;1-9-8-14-11(7-13)15-12(9)10-5-3-2-4-6-10;;;;;1-3-2;/h3-7,9H,8H2,1-2H3;2-6,8H,7,14H2,1H3;2-6,8H,7H2,1H3,(H,16,17,18,19);2-6,9H,7H2,1H3;2-6,8H,7H2,1H3;3*1H3;1H;;/q;;;;;;;;;-1;+1. The quantitative estimate of drug-likeness (QED) is 0.0336. The van der Waals surface area contributed by atoms with Crippen molar-refractivity contribution in [3.05, 3.63) is 262 Å². The summed E-state index contributed by atoms with van der Waals surface area (Å²) >= 11 is 3.65. The van der Waals surface area contributed by atoms with E-state index in [4.69, 9.17) is 28.1 Å². The summed E-state index contributed by atoms with van der Waals surface area (Å²) in [6, 6.07) is 51.9. The van der Waals surface area contributed by atoms with E-state index >= 15 is 0 Å². The number of aryl methyl sites for hydroxylation is 6. The molecular formula is C68H71Cl2N27Sn. The van der Waals surface area contributed by atoms with E-state index < -0.39 is 18.7 Å². The van der Waals surface area contributed by atoms with Gasteiger partial charge in [0.2, 0.25) is 0 Å². The summed E-state index contributed by atoms with van der Waals surface area (Å²) in [7, 11) is 3.59. The van der Waals surface area contributed by atoms with Crippen molar-refractivity contribution in [2.45, 2.75) is 74.1 Å². The van der Waals surface area contributed by atoms with E-state index in [1.165, 1.54) is 0 Å². The van der Waals surface area contributed by atoms with Crippen molar-refractivity contribution in [2.75, 3.05) is 5.73 Å². The third-order valence-corrected chi connectivity index (χ3v) is 15.9. The molecule has 0 aliphatic carbocycles. The van der Waals surface area contributed by atoms with Gasteiger partial charge in [0, 0.05) is 66.7 Å². The second-order valence-electron chi connectivity index (χ2n) is 22.3. The Kier molecular flexibility index (Phi) is 28.5. The van der Waals surface area contributed by atoms with Gasteiger partial charge in [-0.15, -0.1) is 44.4 Å². The van der Waals surface area contributed by atoms with Crippen LogP contribution in [-0.4, -0.2) is 130 Å². The summed E-state index contributed by atoms with van der Waals surface area (Å²) < 4.78 is 6.88. The first-order valence-electron chi connectivity index (χ1n) is 30.3. The van der Waals surface area contributed by atoms with Crippen molar-refractivity contribution >= 4 is 48.3 Å². The van der Waals surface area contributed by atoms with Gasteiger partial charge in [0.25, 0.3) is 0 Å². The number of aromatic nitrogens is 22. The Labute approximate surface area is 582 Å². The van der Waals surface area contributed by atoms with Crippen LogP contribution in [0.3, 0.4) is 0 Å². The van der Waals surface area contributed by atoms with Crippen molar-refractivity contribution in [3.63, 3.8) is 0 Å². The number of H-pyrrole nitrogens is 1. The molecule has 8 heterocycles. The molecule has 0 unspecified atom stereocenters. The average Bonchev–Trinajstić information content (AvgIpc) is 1.21. The van der Waals surface area contributed by atoms with Gasteiger partial charge in [0.05, 0.1) is 78.0 Å². The van der Waals surface area contributed by atoms with Crippen molar-refractivity contribution in [2.24, 2.45) is 17.4 Å². The maximum atomic E-state index is 8.62. The zero-order chi connectivity index (χ0) is 68.9. The predicted molar refractivity (Wildman–Crippen MR) is 380 cm³/mol. The summed E-state index contributed by atoms with van der Waals surface area (Å²) in [6.07, 6.45) is 10.6. The van der Waals surface area contributed by atoms with Crippen LogP contribution in [0.2, 0.25) is 14.8 Å². The van der Waals surface area contributed by atoms with Crippen molar-refractivity contribution in [1.29, 1.82) is 5.26 Å². The van der Waals surface area contributed by atoms with Crippen LogP contribution >= 0.6 is 24.0 Å². The summed E-state index contributed by atoms with van der Waals surface area (Å²) in [5.74, 6) is 5.66. The fourth-order valence-corrected chi connectivity index (χ4v) is 9.70. The molecule has 8 aromatic heterocycles. The van der Waals surface area contributed by atoms with Crippen LogP contribution in [0.5, 0.6) is 0 Å². The first kappa shape index (κ1) is 74.1. The van der Waals surface area contributed by atoms with Gasteiger partial charge in [-0.1, -0.05) is 157 Å². The molecule has 0 fully saturated rings. The molecule has 0 amide bonds. The number of tetrazole rings is 3. The van der Waals surface area contributed by atoms with Gasteiger partial charge >= 0.3 is 47.2 Å². The number of nitrogens with zero attached hydrogens (tertiary/aromatic N) is 25. The number of alkyl halides is 1. The molecule has 0 saturated heterocycles. The topological polar surface area (TPSA) is 369 Å². The van der Waals surface area contributed by atoms with Crippen LogP contribution in [0, 0.1) is 39.0 Å². The minimum atomic E-state index is -2.07. The van der Waals surface area contributed by atoms with E-state index in [-0.39, 0.29) is 18.8 Å². The number of anilines is 1. The van der Waals surface area contributed by atoms with Gasteiger partial charge in [-0.3, -0.25) is 0 Å². The Hall–Kier alpha value is -11.3. The number of halogens is 2. The molecule has 13 rings (SSSR count).